The van der Waals surface area contributed by atoms with Gasteiger partial charge in [0.15, 0.2) is 5.78 Å². The Bertz CT molecular complexity index is 533. The van der Waals surface area contributed by atoms with Gasteiger partial charge in [-0.3, -0.25) is 4.79 Å². The molecule has 1 rings (SSSR count). The Morgan fingerprint density at radius 2 is 1.61 bits per heavy atom. The van der Waals surface area contributed by atoms with E-state index in [4.69, 9.17) is 0 Å². The number of sulfone groups is 1. The first kappa shape index (κ1) is 14.9. The van der Waals surface area contributed by atoms with Crippen LogP contribution < -0.4 is 0 Å². The first-order valence-electron chi connectivity index (χ1n) is 5.99. The van der Waals surface area contributed by atoms with E-state index in [1.807, 2.05) is 32.9 Å². The second-order valence-corrected chi connectivity index (χ2v) is 7.19. The highest BCUT2D eigenvalue weighted by molar-refractivity contribution is 7.90. The van der Waals surface area contributed by atoms with Crippen LogP contribution in [0, 0.1) is 20.8 Å². The second kappa shape index (κ2) is 5.65. The number of benzene rings is 1. The number of hydrogen-bond donors (Lipinski definition) is 0. The molecule has 4 heteroatoms. The third-order valence-electron chi connectivity index (χ3n) is 2.87. The predicted octanol–water partition coefficient (Wildman–Crippen LogP) is 2.62. The van der Waals surface area contributed by atoms with Crippen molar-refractivity contribution in [3.05, 3.63) is 34.4 Å². The van der Waals surface area contributed by atoms with Crippen LogP contribution in [0.2, 0.25) is 0 Å². The molecule has 0 saturated heterocycles. The molecule has 0 unspecified atom stereocenters. The lowest BCUT2D eigenvalue weighted by Crippen LogP contribution is -2.09. The normalized spacial score (nSPS) is 11.6. The number of rotatable bonds is 5. The van der Waals surface area contributed by atoms with Crippen molar-refractivity contribution in [1.29, 1.82) is 0 Å². The summed E-state index contributed by atoms with van der Waals surface area (Å²) in [7, 11) is -2.98. The van der Waals surface area contributed by atoms with Gasteiger partial charge in [0.05, 0.1) is 5.75 Å². The lowest BCUT2D eigenvalue weighted by molar-refractivity contribution is 0.0981. The van der Waals surface area contributed by atoms with Gasteiger partial charge in [0.2, 0.25) is 0 Å². The molecule has 3 nitrogen and oxygen atoms in total. The monoisotopic (exact) mass is 268 g/mol. The van der Waals surface area contributed by atoms with Crippen LogP contribution >= 0.6 is 0 Å². The summed E-state index contributed by atoms with van der Waals surface area (Å²) >= 11 is 0. The minimum atomic E-state index is -2.98. The molecule has 0 aliphatic carbocycles. The molecule has 0 amide bonds. The zero-order valence-electron chi connectivity index (χ0n) is 11.4. The molecule has 0 spiro atoms. The van der Waals surface area contributed by atoms with Crippen molar-refractivity contribution in [2.45, 2.75) is 33.6 Å². The van der Waals surface area contributed by atoms with Crippen molar-refractivity contribution < 1.29 is 13.2 Å². The summed E-state index contributed by atoms with van der Waals surface area (Å²) in [5.74, 6) is 0.108. The van der Waals surface area contributed by atoms with Crippen molar-refractivity contribution in [2.75, 3.05) is 12.0 Å². The summed E-state index contributed by atoms with van der Waals surface area (Å²) in [6.45, 7) is 5.84. The summed E-state index contributed by atoms with van der Waals surface area (Å²) < 4.78 is 22.0. The number of Topliss-reactive ketones (excluding diaryl/α,β-unsaturated/α-hetero) is 1. The van der Waals surface area contributed by atoms with Gasteiger partial charge in [0.25, 0.3) is 0 Å². The average Bonchev–Trinajstić information content (AvgIpc) is 2.13. The highest BCUT2D eigenvalue weighted by Crippen LogP contribution is 2.18. The largest absolute Gasteiger partial charge is 0.294 e. The molecule has 0 N–H and O–H groups in total. The van der Waals surface area contributed by atoms with E-state index in [0.29, 0.717) is 6.42 Å². The molecule has 0 aromatic heterocycles. The zero-order valence-corrected chi connectivity index (χ0v) is 12.2. The van der Waals surface area contributed by atoms with Gasteiger partial charge in [0, 0.05) is 18.2 Å². The number of carbonyl (C=O) groups excluding carboxylic acids is 1. The fourth-order valence-electron chi connectivity index (χ4n) is 2.24. The Hall–Kier alpha value is -1.16. The van der Waals surface area contributed by atoms with Crippen molar-refractivity contribution in [2.24, 2.45) is 0 Å². The minimum absolute atomic E-state index is 0.0358. The summed E-state index contributed by atoms with van der Waals surface area (Å²) in [6, 6.07) is 3.97. The molecule has 18 heavy (non-hydrogen) atoms. The SMILES string of the molecule is Cc1cc(C)c(C(=O)CCCS(C)(=O)=O)c(C)c1. The van der Waals surface area contributed by atoms with Gasteiger partial charge >= 0.3 is 0 Å². The quantitative estimate of drug-likeness (QED) is 0.771. The Balaban J connectivity index is 2.80. The van der Waals surface area contributed by atoms with Crippen molar-refractivity contribution in [1.82, 2.24) is 0 Å². The van der Waals surface area contributed by atoms with Gasteiger partial charge < -0.3 is 0 Å². The Labute approximate surface area is 109 Å². The van der Waals surface area contributed by atoms with Crippen LogP contribution in [0.1, 0.15) is 39.9 Å². The number of ketones is 1. The van der Waals surface area contributed by atoms with E-state index < -0.39 is 9.84 Å². The molecule has 0 bridgehead atoms. The number of carbonyl (C=O) groups is 1. The third-order valence-corrected chi connectivity index (χ3v) is 3.91. The fraction of sp³-hybridized carbons (Fsp3) is 0.500. The predicted molar refractivity (Wildman–Crippen MR) is 73.9 cm³/mol. The molecule has 0 fully saturated rings. The van der Waals surface area contributed by atoms with Gasteiger partial charge in [0.1, 0.15) is 9.84 Å². The summed E-state index contributed by atoms with van der Waals surface area (Å²) in [5, 5.41) is 0. The Kier molecular flexibility index (Phi) is 4.68. The van der Waals surface area contributed by atoms with Crippen molar-refractivity contribution in [3.8, 4) is 0 Å². The van der Waals surface area contributed by atoms with Gasteiger partial charge in [-0.15, -0.1) is 0 Å². The molecule has 0 aliphatic heterocycles. The molecule has 0 aliphatic rings. The third kappa shape index (κ3) is 4.26. The fourth-order valence-corrected chi connectivity index (χ4v) is 2.91. The smallest absolute Gasteiger partial charge is 0.163 e. The lowest BCUT2D eigenvalue weighted by Gasteiger charge is -2.10. The summed E-state index contributed by atoms with van der Waals surface area (Å²) in [5.41, 5.74) is 3.82. The molecular weight excluding hydrogens is 248 g/mol. The topological polar surface area (TPSA) is 51.2 Å². The maximum atomic E-state index is 12.1. The van der Waals surface area contributed by atoms with Crippen molar-refractivity contribution in [3.63, 3.8) is 0 Å². The maximum Gasteiger partial charge on any atom is 0.163 e. The van der Waals surface area contributed by atoms with Crippen LogP contribution in [0.25, 0.3) is 0 Å². The van der Waals surface area contributed by atoms with Crippen LogP contribution in [0.15, 0.2) is 12.1 Å². The molecule has 1 aromatic carbocycles. The second-order valence-electron chi connectivity index (χ2n) is 4.93. The van der Waals surface area contributed by atoms with Crippen LogP contribution in [0.4, 0.5) is 0 Å². The van der Waals surface area contributed by atoms with Crippen LogP contribution in [0.5, 0.6) is 0 Å². The lowest BCUT2D eigenvalue weighted by atomic mass is 9.95. The highest BCUT2D eigenvalue weighted by atomic mass is 32.2. The van der Waals surface area contributed by atoms with Crippen LogP contribution in [-0.2, 0) is 9.84 Å². The van der Waals surface area contributed by atoms with Crippen LogP contribution in [0.3, 0.4) is 0 Å². The van der Waals surface area contributed by atoms with E-state index in [2.05, 4.69) is 0 Å². The molecule has 0 heterocycles. The van der Waals surface area contributed by atoms with E-state index in [9.17, 15) is 13.2 Å². The minimum Gasteiger partial charge on any atom is -0.294 e. The van der Waals surface area contributed by atoms with Gasteiger partial charge in [-0.05, 0) is 38.3 Å². The first-order chi connectivity index (χ1) is 8.20. The first-order valence-corrected chi connectivity index (χ1v) is 8.05. The summed E-state index contributed by atoms with van der Waals surface area (Å²) in [4.78, 5) is 12.1. The van der Waals surface area contributed by atoms with E-state index in [1.54, 1.807) is 0 Å². The standard InChI is InChI=1S/C14H20O3S/c1-10-8-11(2)14(12(3)9-10)13(15)6-5-7-18(4,16)17/h8-9H,5-7H2,1-4H3. The molecular formula is C14H20O3S. The summed E-state index contributed by atoms with van der Waals surface area (Å²) in [6.07, 6.45) is 1.88. The van der Waals surface area contributed by atoms with E-state index in [1.165, 1.54) is 6.26 Å². The molecule has 100 valence electrons. The Morgan fingerprint density at radius 1 is 1.11 bits per heavy atom. The molecule has 0 radical (unpaired) electrons. The van der Waals surface area contributed by atoms with E-state index in [0.717, 1.165) is 22.3 Å². The van der Waals surface area contributed by atoms with E-state index >= 15 is 0 Å². The van der Waals surface area contributed by atoms with E-state index in [-0.39, 0.29) is 18.0 Å². The zero-order chi connectivity index (χ0) is 13.9. The van der Waals surface area contributed by atoms with Gasteiger partial charge in [-0.2, -0.15) is 0 Å². The van der Waals surface area contributed by atoms with Crippen LogP contribution in [-0.4, -0.2) is 26.2 Å². The maximum absolute atomic E-state index is 12.1. The molecule has 1 aromatic rings. The average molecular weight is 268 g/mol. The Morgan fingerprint density at radius 3 is 2.06 bits per heavy atom. The molecule has 0 atom stereocenters. The molecule has 0 saturated carbocycles. The number of hydrogen-bond acceptors (Lipinski definition) is 3. The van der Waals surface area contributed by atoms with Gasteiger partial charge in [-0.25, -0.2) is 8.42 Å². The van der Waals surface area contributed by atoms with Crippen molar-refractivity contribution >= 4 is 15.6 Å². The van der Waals surface area contributed by atoms with Gasteiger partial charge in [-0.1, -0.05) is 17.7 Å². The number of aryl methyl sites for hydroxylation is 3. The highest BCUT2D eigenvalue weighted by Gasteiger charge is 2.13.